The van der Waals surface area contributed by atoms with E-state index in [1.165, 1.54) is 19.2 Å². The summed E-state index contributed by atoms with van der Waals surface area (Å²) in [6.07, 6.45) is 0. The summed E-state index contributed by atoms with van der Waals surface area (Å²) < 4.78 is 4.83. The van der Waals surface area contributed by atoms with Gasteiger partial charge >= 0.3 is 5.69 Å². The van der Waals surface area contributed by atoms with Crippen LogP contribution in [0.2, 0.25) is 5.15 Å². The highest BCUT2D eigenvalue weighted by Crippen LogP contribution is 2.40. The van der Waals surface area contributed by atoms with Crippen molar-refractivity contribution in [3.8, 4) is 5.75 Å². The molecule has 19 heavy (non-hydrogen) atoms. The SMILES string of the molecule is COc1cc([N+](=O)[O-])c2nc(Cl)ccc2c1[N+](=O)[O-]. The molecule has 0 unspecified atom stereocenters. The molecule has 0 spiro atoms. The van der Waals surface area contributed by atoms with Crippen LogP contribution < -0.4 is 4.74 Å². The number of nitrogens with zero attached hydrogens (tertiary/aromatic N) is 3. The number of non-ortho nitro benzene ring substituents is 1. The first-order chi connectivity index (χ1) is 8.95. The molecule has 0 atom stereocenters. The molecule has 1 heterocycles. The first kappa shape index (κ1) is 13.0. The van der Waals surface area contributed by atoms with E-state index in [9.17, 15) is 20.2 Å². The summed E-state index contributed by atoms with van der Waals surface area (Å²) >= 11 is 5.67. The molecule has 1 aromatic heterocycles. The molecule has 0 saturated carbocycles. The summed E-state index contributed by atoms with van der Waals surface area (Å²) in [5.74, 6) is -0.201. The number of nitro benzene ring substituents is 2. The second-order valence-electron chi connectivity index (χ2n) is 3.49. The molecule has 0 N–H and O–H groups in total. The summed E-state index contributed by atoms with van der Waals surface area (Å²) in [7, 11) is 1.20. The zero-order chi connectivity index (χ0) is 14.2. The molecule has 8 nitrogen and oxygen atoms in total. The van der Waals surface area contributed by atoms with Crippen molar-refractivity contribution in [2.24, 2.45) is 0 Å². The number of aromatic nitrogens is 1. The molecule has 0 bridgehead atoms. The highest BCUT2D eigenvalue weighted by Gasteiger charge is 2.27. The van der Waals surface area contributed by atoms with E-state index in [0.717, 1.165) is 6.07 Å². The predicted molar refractivity (Wildman–Crippen MR) is 66.6 cm³/mol. The van der Waals surface area contributed by atoms with Gasteiger partial charge in [0.2, 0.25) is 5.75 Å². The lowest BCUT2D eigenvalue weighted by Crippen LogP contribution is -1.99. The van der Waals surface area contributed by atoms with Gasteiger partial charge < -0.3 is 4.74 Å². The number of ether oxygens (including phenoxy) is 1. The van der Waals surface area contributed by atoms with E-state index in [-0.39, 0.29) is 27.5 Å². The van der Waals surface area contributed by atoms with Crippen LogP contribution in [0.25, 0.3) is 10.9 Å². The number of halogens is 1. The monoisotopic (exact) mass is 283 g/mol. The Morgan fingerprint density at radius 2 is 1.95 bits per heavy atom. The van der Waals surface area contributed by atoms with Crippen molar-refractivity contribution in [1.82, 2.24) is 4.98 Å². The summed E-state index contributed by atoms with van der Waals surface area (Å²) in [5, 5.41) is 22.0. The Labute approximate surface area is 110 Å². The molecule has 0 fully saturated rings. The van der Waals surface area contributed by atoms with Gasteiger partial charge in [-0.1, -0.05) is 11.6 Å². The van der Waals surface area contributed by atoms with E-state index in [1.807, 2.05) is 0 Å². The largest absolute Gasteiger partial charge is 0.490 e. The fraction of sp³-hybridized carbons (Fsp3) is 0.100. The number of hydrogen-bond donors (Lipinski definition) is 0. The molecule has 9 heteroatoms. The summed E-state index contributed by atoms with van der Waals surface area (Å²) in [4.78, 5) is 24.4. The van der Waals surface area contributed by atoms with Crippen molar-refractivity contribution in [2.75, 3.05) is 7.11 Å². The molecule has 0 aliphatic carbocycles. The van der Waals surface area contributed by atoms with E-state index >= 15 is 0 Å². The molecule has 0 radical (unpaired) electrons. The van der Waals surface area contributed by atoms with E-state index in [4.69, 9.17) is 16.3 Å². The van der Waals surface area contributed by atoms with Crippen LogP contribution in [-0.2, 0) is 0 Å². The van der Waals surface area contributed by atoms with E-state index in [2.05, 4.69) is 4.98 Å². The highest BCUT2D eigenvalue weighted by atomic mass is 35.5. The average Bonchev–Trinajstić information content (AvgIpc) is 2.35. The third kappa shape index (κ3) is 2.13. The summed E-state index contributed by atoms with van der Waals surface area (Å²) in [6, 6.07) is 3.59. The normalized spacial score (nSPS) is 10.4. The number of benzene rings is 1. The smallest absolute Gasteiger partial charge is 0.320 e. The zero-order valence-corrected chi connectivity index (χ0v) is 10.2. The van der Waals surface area contributed by atoms with Crippen LogP contribution in [0.3, 0.4) is 0 Å². The number of fused-ring (bicyclic) bond motifs is 1. The van der Waals surface area contributed by atoms with Crippen LogP contribution in [0, 0.1) is 20.2 Å². The maximum absolute atomic E-state index is 11.1. The lowest BCUT2D eigenvalue weighted by Gasteiger charge is -2.05. The number of hydrogen-bond acceptors (Lipinski definition) is 6. The first-order valence-corrected chi connectivity index (χ1v) is 5.29. The molecule has 0 saturated heterocycles. The van der Waals surface area contributed by atoms with Crippen LogP contribution in [0.4, 0.5) is 11.4 Å². The minimum atomic E-state index is -0.697. The van der Waals surface area contributed by atoms with Gasteiger partial charge in [0.25, 0.3) is 5.69 Å². The third-order valence-corrected chi connectivity index (χ3v) is 2.67. The van der Waals surface area contributed by atoms with E-state index in [0.29, 0.717) is 0 Å². The van der Waals surface area contributed by atoms with Crippen LogP contribution in [0.15, 0.2) is 18.2 Å². The van der Waals surface area contributed by atoms with Crippen molar-refractivity contribution < 1.29 is 14.6 Å². The maximum atomic E-state index is 11.1. The van der Waals surface area contributed by atoms with Gasteiger partial charge in [0.15, 0.2) is 5.52 Å². The van der Waals surface area contributed by atoms with Gasteiger partial charge in [-0.25, -0.2) is 4.98 Å². The number of methoxy groups -OCH3 is 1. The second kappa shape index (κ2) is 4.65. The van der Waals surface area contributed by atoms with Gasteiger partial charge in [-0.3, -0.25) is 20.2 Å². The Kier molecular flexibility index (Phi) is 3.17. The third-order valence-electron chi connectivity index (χ3n) is 2.46. The van der Waals surface area contributed by atoms with Crippen molar-refractivity contribution in [3.63, 3.8) is 0 Å². The van der Waals surface area contributed by atoms with Gasteiger partial charge in [-0.05, 0) is 12.1 Å². The lowest BCUT2D eigenvalue weighted by molar-refractivity contribution is -0.387. The topological polar surface area (TPSA) is 108 Å². The Morgan fingerprint density at radius 1 is 1.26 bits per heavy atom. The van der Waals surface area contributed by atoms with Crippen LogP contribution in [0.5, 0.6) is 5.75 Å². The number of pyridine rings is 1. The number of rotatable bonds is 3. The van der Waals surface area contributed by atoms with Crippen molar-refractivity contribution in [1.29, 1.82) is 0 Å². The molecule has 0 aliphatic heterocycles. The quantitative estimate of drug-likeness (QED) is 0.487. The molecule has 1 aromatic carbocycles. The van der Waals surface area contributed by atoms with Crippen LogP contribution >= 0.6 is 11.6 Å². The molecule has 0 aliphatic rings. The van der Waals surface area contributed by atoms with Gasteiger partial charge in [0.05, 0.1) is 28.4 Å². The van der Waals surface area contributed by atoms with E-state index < -0.39 is 15.5 Å². The van der Waals surface area contributed by atoms with Gasteiger partial charge in [0, 0.05) is 0 Å². The molecular weight excluding hydrogens is 278 g/mol. The summed E-state index contributed by atoms with van der Waals surface area (Å²) in [5.41, 5.74) is -0.933. The summed E-state index contributed by atoms with van der Waals surface area (Å²) in [6.45, 7) is 0. The van der Waals surface area contributed by atoms with E-state index in [1.54, 1.807) is 0 Å². The van der Waals surface area contributed by atoms with Gasteiger partial charge in [-0.15, -0.1) is 0 Å². The Morgan fingerprint density at radius 3 is 2.47 bits per heavy atom. The second-order valence-corrected chi connectivity index (χ2v) is 3.88. The van der Waals surface area contributed by atoms with Crippen molar-refractivity contribution >= 4 is 33.9 Å². The fourth-order valence-corrected chi connectivity index (χ4v) is 1.85. The Balaban J connectivity index is 2.99. The van der Waals surface area contributed by atoms with Crippen LogP contribution in [0.1, 0.15) is 0 Å². The van der Waals surface area contributed by atoms with Gasteiger partial charge in [-0.2, -0.15) is 0 Å². The predicted octanol–water partition coefficient (Wildman–Crippen LogP) is 2.71. The minimum Gasteiger partial charge on any atom is -0.490 e. The molecule has 2 rings (SSSR count). The first-order valence-electron chi connectivity index (χ1n) is 4.91. The standard InChI is InChI=1S/C10H6ClN3O5/c1-19-7-4-6(13(15)16)9-5(10(7)14(17)18)2-3-8(11)12-9/h2-4H,1H3. The highest BCUT2D eigenvalue weighted by molar-refractivity contribution is 6.30. The number of nitro groups is 2. The van der Waals surface area contributed by atoms with Crippen LogP contribution in [-0.4, -0.2) is 21.9 Å². The molecule has 98 valence electrons. The average molecular weight is 284 g/mol. The zero-order valence-electron chi connectivity index (χ0n) is 9.49. The molecule has 2 aromatic rings. The van der Waals surface area contributed by atoms with Crippen molar-refractivity contribution in [3.05, 3.63) is 43.6 Å². The van der Waals surface area contributed by atoms with Crippen molar-refractivity contribution in [2.45, 2.75) is 0 Å². The fourth-order valence-electron chi connectivity index (χ4n) is 1.70. The minimum absolute atomic E-state index is 0.000417. The maximum Gasteiger partial charge on any atom is 0.320 e. The van der Waals surface area contributed by atoms with Gasteiger partial charge in [0.1, 0.15) is 5.15 Å². The molecule has 0 amide bonds. The Bertz CT molecular complexity index is 703. The molecular formula is C10H6ClN3O5. The lowest BCUT2D eigenvalue weighted by atomic mass is 10.1. The Hall–Kier alpha value is -2.48.